The molecule has 0 radical (unpaired) electrons. The zero-order valence-corrected chi connectivity index (χ0v) is 14.0. The third-order valence-electron chi connectivity index (χ3n) is 3.59. The lowest BCUT2D eigenvalue weighted by atomic mass is 10.0. The molecule has 1 atom stereocenters. The number of carbonyl (C=O) groups is 2. The van der Waals surface area contributed by atoms with Crippen molar-refractivity contribution in [3.05, 3.63) is 23.8 Å². The lowest BCUT2D eigenvalue weighted by Gasteiger charge is -2.29. The van der Waals surface area contributed by atoms with Crippen LogP contribution in [0, 0.1) is 0 Å². The second-order valence-corrected chi connectivity index (χ2v) is 6.79. The minimum Gasteiger partial charge on any atom is -0.508 e. The Balaban J connectivity index is 2.25. The molecule has 0 saturated carbocycles. The van der Waals surface area contributed by atoms with Gasteiger partial charge in [0, 0.05) is 24.7 Å². The van der Waals surface area contributed by atoms with Gasteiger partial charge in [-0.1, -0.05) is 0 Å². The van der Waals surface area contributed by atoms with Gasteiger partial charge >= 0.3 is 6.09 Å². The molecule has 1 aliphatic heterocycles. The largest absolute Gasteiger partial charge is 0.508 e. The average Bonchev–Trinajstić information content (AvgIpc) is 2.87. The summed E-state index contributed by atoms with van der Waals surface area (Å²) < 4.78 is 5.44. The number of phenolic OH excluding ortho intramolecular Hbond substituents is 1. The number of benzene rings is 1. The van der Waals surface area contributed by atoms with Crippen molar-refractivity contribution < 1.29 is 19.4 Å². The Morgan fingerprint density at radius 1 is 1.35 bits per heavy atom. The van der Waals surface area contributed by atoms with Gasteiger partial charge in [-0.3, -0.25) is 4.79 Å². The standard InChI is InChI=1S/C17H24N2O4/c1-11(20)18-12-7-8-15(21)13(10-12)14-6-5-9-19(14)16(22)23-17(2,3)4/h7-8,10,14,21H,5-6,9H2,1-4H3,(H,18,20). The minimum absolute atomic E-state index is 0.111. The van der Waals surface area contributed by atoms with Crippen LogP contribution < -0.4 is 5.32 Å². The monoisotopic (exact) mass is 320 g/mol. The Labute approximate surface area is 136 Å². The number of amides is 2. The van der Waals surface area contributed by atoms with E-state index < -0.39 is 5.60 Å². The van der Waals surface area contributed by atoms with Crippen LogP contribution in [-0.2, 0) is 9.53 Å². The molecule has 1 unspecified atom stereocenters. The zero-order valence-electron chi connectivity index (χ0n) is 14.0. The molecule has 6 nitrogen and oxygen atoms in total. The van der Waals surface area contributed by atoms with Gasteiger partial charge < -0.3 is 20.1 Å². The van der Waals surface area contributed by atoms with Crippen molar-refractivity contribution in [2.75, 3.05) is 11.9 Å². The van der Waals surface area contributed by atoms with Gasteiger partial charge in [-0.05, 0) is 51.8 Å². The van der Waals surface area contributed by atoms with Gasteiger partial charge in [0.05, 0.1) is 6.04 Å². The van der Waals surface area contributed by atoms with E-state index in [0.717, 1.165) is 12.8 Å². The van der Waals surface area contributed by atoms with E-state index in [-0.39, 0.29) is 23.8 Å². The van der Waals surface area contributed by atoms with Crippen molar-refractivity contribution in [2.45, 2.75) is 52.2 Å². The normalized spacial score (nSPS) is 17.9. The van der Waals surface area contributed by atoms with Gasteiger partial charge in [-0.15, -0.1) is 0 Å². The Morgan fingerprint density at radius 3 is 2.65 bits per heavy atom. The minimum atomic E-state index is -0.565. The second kappa shape index (κ2) is 6.48. The molecule has 6 heteroatoms. The lowest BCUT2D eigenvalue weighted by molar-refractivity contribution is -0.114. The van der Waals surface area contributed by atoms with Gasteiger partial charge in [0.2, 0.25) is 5.91 Å². The van der Waals surface area contributed by atoms with Crippen LogP contribution in [0.3, 0.4) is 0 Å². The summed E-state index contributed by atoms with van der Waals surface area (Å²) in [6.45, 7) is 7.49. The summed E-state index contributed by atoms with van der Waals surface area (Å²) >= 11 is 0. The number of hydrogen-bond donors (Lipinski definition) is 2. The predicted molar refractivity (Wildman–Crippen MR) is 87.3 cm³/mol. The zero-order chi connectivity index (χ0) is 17.2. The first kappa shape index (κ1) is 17.1. The number of nitrogens with zero attached hydrogens (tertiary/aromatic N) is 1. The van der Waals surface area contributed by atoms with Crippen LogP contribution in [0.5, 0.6) is 5.75 Å². The highest BCUT2D eigenvalue weighted by Crippen LogP contribution is 2.38. The van der Waals surface area contributed by atoms with E-state index in [4.69, 9.17) is 4.74 Å². The molecule has 0 aromatic heterocycles. The molecule has 23 heavy (non-hydrogen) atoms. The molecule has 1 aromatic carbocycles. The third kappa shape index (κ3) is 4.37. The summed E-state index contributed by atoms with van der Waals surface area (Å²) in [7, 11) is 0. The molecule has 1 saturated heterocycles. The first-order valence-corrected chi connectivity index (χ1v) is 7.77. The van der Waals surface area contributed by atoms with Gasteiger partial charge in [0.1, 0.15) is 11.4 Å². The van der Waals surface area contributed by atoms with Crippen LogP contribution in [0.1, 0.15) is 52.1 Å². The third-order valence-corrected chi connectivity index (χ3v) is 3.59. The van der Waals surface area contributed by atoms with Gasteiger partial charge in [0.15, 0.2) is 0 Å². The summed E-state index contributed by atoms with van der Waals surface area (Å²) in [6, 6.07) is 4.63. The van der Waals surface area contributed by atoms with Crippen LogP contribution in [0.15, 0.2) is 18.2 Å². The number of carbonyl (C=O) groups excluding carboxylic acids is 2. The van der Waals surface area contributed by atoms with Crippen molar-refractivity contribution in [1.82, 2.24) is 4.90 Å². The molecule has 126 valence electrons. The maximum absolute atomic E-state index is 12.4. The smallest absolute Gasteiger partial charge is 0.410 e. The lowest BCUT2D eigenvalue weighted by Crippen LogP contribution is -2.36. The van der Waals surface area contributed by atoms with Crippen LogP contribution in [-0.4, -0.2) is 34.2 Å². The fourth-order valence-electron chi connectivity index (χ4n) is 2.73. The maximum atomic E-state index is 12.4. The SMILES string of the molecule is CC(=O)Nc1ccc(O)c(C2CCCN2C(=O)OC(C)(C)C)c1. The number of rotatable bonds is 2. The summed E-state index contributed by atoms with van der Waals surface area (Å²) in [5, 5.41) is 12.9. The molecule has 1 heterocycles. The maximum Gasteiger partial charge on any atom is 0.410 e. The molecular weight excluding hydrogens is 296 g/mol. The highest BCUT2D eigenvalue weighted by atomic mass is 16.6. The highest BCUT2D eigenvalue weighted by Gasteiger charge is 2.34. The number of phenols is 1. The number of anilines is 1. The highest BCUT2D eigenvalue weighted by molar-refractivity contribution is 5.88. The summed E-state index contributed by atoms with van der Waals surface area (Å²) in [5.41, 5.74) is 0.658. The van der Waals surface area contributed by atoms with Crippen LogP contribution in [0.4, 0.5) is 10.5 Å². The van der Waals surface area contributed by atoms with Crippen LogP contribution in [0.25, 0.3) is 0 Å². The average molecular weight is 320 g/mol. The van der Waals surface area contributed by atoms with E-state index in [1.165, 1.54) is 13.0 Å². The van der Waals surface area contributed by atoms with Crippen LogP contribution >= 0.6 is 0 Å². The topological polar surface area (TPSA) is 78.9 Å². The van der Waals surface area contributed by atoms with Crippen LogP contribution in [0.2, 0.25) is 0 Å². The Morgan fingerprint density at radius 2 is 2.04 bits per heavy atom. The molecule has 1 aromatic rings. The molecule has 0 bridgehead atoms. The van der Waals surface area contributed by atoms with Crippen molar-refractivity contribution in [3.8, 4) is 5.75 Å². The number of hydrogen-bond acceptors (Lipinski definition) is 4. The Kier molecular flexibility index (Phi) is 4.82. The first-order valence-electron chi connectivity index (χ1n) is 7.77. The van der Waals surface area contributed by atoms with E-state index in [2.05, 4.69) is 5.32 Å². The number of aromatic hydroxyl groups is 1. The molecule has 1 fully saturated rings. The number of ether oxygens (including phenoxy) is 1. The van der Waals surface area contributed by atoms with E-state index in [0.29, 0.717) is 17.8 Å². The molecule has 0 aliphatic carbocycles. The second-order valence-electron chi connectivity index (χ2n) is 6.79. The van der Waals surface area contributed by atoms with E-state index in [1.54, 1.807) is 17.0 Å². The van der Waals surface area contributed by atoms with E-state index in [9.17, 15) is 14.7 Å². The van der Waals surface area contributed by atoms with E-state index in [1.807, 2.05) is 20.8 Å². The summed E-state index contributed by atoms with van der Waals surface area (Å²) in [5.74, 6) is -0.0726. The van der Waals surface area contributed by atoms with Gasteiger partial charge in [-0.2, -0.15) is 0 Å². The number of likely N-dealkylation sites (tertiary alicyclic amines) is 1. The Bertz CT molecular complexity index is 607. The van der Waals surface area contributed by atoms with Crippen molar-refractivity contribution >= 4 is 17.7 Å². The van der Waals surface area contributed by atoms with Crippen molar-refractivity contribution in [3.63, 3.8) is 0 Å². The molecule has 2 N–H and O–H groups in total. The summed E-state index contributed by atoms with van der Waals surface area (Å²) in [4.78, 5) is 25.2. The first-order chi connectivity index (χ1) is 10.7. The predicted octanol–water partition coefficient (Wildman–Crippen LogP) is 3.42. The summed E-state index contributed by atoms with van der Waals surface area (Å²) in [6.07, 6.45) is 1.20. The van der Waals surface area contributed by atoms with Gasteiger partial charge in [0.25, 0.3) is 0 Å². The fraction of sp³-hybridized carbons (Fsp3) is 0.529. The Hall–Kier alpha value is -2.24. The quantitative estimate of drug-likeness (QED) is 0.818. The van der Waals surface area contributed by atoms with Gasteiger partial charge in [-0.25, -0.2) is 4.79 Å². The molecule has 1 aliphatic rings. The van der Waals surface area contributed by atoms with E-state index >= 15 is 0 Å². The molecule has 2 amide bonds. The molecule has 0 spiro atoms. The molecular formula is C17H24N2O4. The van der Waals surface area contributed by atoms with Crippen molar-refractivity contribution in [1.29, 1.82) is 0 Å². The molecule has 2 rings (SSSR count). The fourth-order valence-corrected chi connectivity index (χ4v) is 2.73. The van der Waals surface area contributed by atoms with Crippen molar-refractivity contribution in [2.24, 2.45) is 0 Å². The number of nitrogens with one attached hydrogen (secondary N) is 1.